The maximum absolute atomic E-state index is 11.6. The summed E-state index contributed by atoms with van der Waals surface area (Å²) in [6.07, 6.45) is 3.66. The summed E-state index contributed by atoms with van der Waals surface area (Å²) in [6, 6.07) is 8.18. The molecule has 26 heavy (non-hydrogen) atoms. The Kier molecular flexibility index (Phi) is 8.47. The van der Waals surface area contributed by atoms with Crippen molar-refractivity contribution in [2.45, 2.75) is 38.7 Å². The Hall–Kier alpha value is -1.51. The molecule has 7 heteroatoms. The van der Waals surface area contributed by atoms with Gasteiger partial charge in [-0.05, 0) is 31.4 Å². The number of para-hydroxylation sites is 1. The predicted molar refractivity (Wildman–Crippen MR) is 114 cm³/mol. The number of hydrogen-bond donors (Lipinski definition) is 2. The first kappa shape index (κ1) is 20.8. The minimum Gasteiger partial charge on any atom is -0.488 e. The Labute approximate surface area is 172 Å². The van der Waals surface area contributed by atoms with Crippen LogP contribution >= 0.6 is 24.0 Å². The third-order valence-electron chi connectivity index (χ3n) is 4.58. The van der Waals surface area contributed by atoms with Crippen LogP contribution in [0.15, 0.2) is 29.3 Å². The quantitative estimate of drug-likeness (QED) is 0.277. The van der Waals surface area contributed by atoms with Crippen LogP contribution < -0.4 is 15.4 Å². The Morgan fingerprint density at radius 2 is 2.19 bits per heavy atom. The van der Waals surface area contributed by atoms with Gasteiger partial charge in [-0.25, -0.2) is 4.99 Å². The van der Waals surface area contributed by atoms with Crippen molar-refractivity contribution in [3.8, 4) is 5.75 Å². The van der Waals surface area contributed by atoms with Gasteiger partial charge in [-0.15, -0.1) is 24.0 Å². The predicted octanol–water partition coefficient (Wildman–Crippen LogP) is 2.18. The van der Waals surface area contributed by atoms with Crippen LogP contribution in [0.2, 0.25) is 0 Å². The van der Waals surface area contributed by atoms with E-state index >= 15 is 0 Å². The van der Waals surface area contributed by atoms with E-state index in [-0.39, 0.29) is 30.1 Å². The second-order valence-corrected chi connectivity index (χ2v) is 6.54. The molecule has 1 atom stereocenters. The van der Waals surface area contributed by atoms with E-state index in [1.54, 1.807) is 0 Å². The maximum Gasteiger partial charge on any atom is 0.222 e. The van der Waals surface area contributed by atoms with Gasteiger partial charge in [0, 0.05) is 39.0 Å². The fourth-order valence-electron chi connectivity index (χ4n) is 3.31. The van der Waals surface area contributed by atoms with Crippen LogP contribution in [-0.2, 0) is 11.2 Å². The number of nitrogens with one attached hydrogen (secondary N) is 2. The Morgan fingerprint density at radius 1 is 1.35 bits per heavy atom. The molecule has 1 aromatic rings. The average Bonchev–Trinajstić information content (AvgIpc) is 3.22. The molecule has 1 aromatic carbocycles. The lowest BCUT2D eigenvalue weighted by molar-refractivity contribution is -0.127. The molecule has 0 radical (unpaired) electrons. The zero-order valence-corrected chi connectivity index (χ0v) is 17.7. The number of hydrogen-bond acceptors (Lipinski definition) is 3. The van der Waals surface area contributed by atoms with Crippen LogP contribution in [0.25, 0.3) is 0 Å². The summed E-state index contributed by atoms with van der Waals surface area (Å²) < 4.78 is 5.93. The van der Waals surface area contributed by atoms with E-state index in [1.165, 1.54) is 5.56 Å². The number of likely N-dealkylation sites (tertiary alicyclic amines) is 1. The molecule has 1 fully saturated rings. The fourth-order valence-corrected chi connectivity index (χ4v) is 3.31. The van der Waals surface area contributed by atoms with E-state index in [0.717, 1.165) is 57.2 Å². The molecule has 0 aromatic heterocycles. The van der Waals surface area contributed by atoms with Crippen molar-refractivity contribution in [2.24, 2.45) is 4.99 Å². The molecule has 1 unspecified atom stereocenters. The number of guanidine groups is 1. The molecule has 0 saturated carbocycles. The summed E-state index contributed by atoms with van der Waals surface area (Å²) in [5.74, 6) is 2.09. The lowest BCUT2D eigenvalue weighted by Crippen LogP contribution is -2.39. The zero-order chi connectivity index (χ0) is 17.5. The van der Waals surface area contributed by atoms with Gasteiger partial charge in [-0.2, -0.15) is 0 Å². The van der Waals surface area contributed by atoms with Crippen molar-refractivity contribution in [3.05, 3.63) is 29.8 Å². The standard InChI is InChI=1S/C19H28N4O2.HI/c1-2-20-19(21-10-6-12-23-11-5-9-18(23)24)22-14-16-13-15-7-3-4-8-17(15)25-16;/h3-4,7-8,16H,2,5-6,9-14H2,1H3,(H2,20,21,22);1H. The van der Waals surface area contributed by atoms with E-state index in [2.05, 4.69) is 28.6 Å². The van der Waals surface area contributed by atoms with Crippen molar-refractivity contribution in [2.75, 3.05) is 32.7 Å². The smallest absolute Gasteiger partial charge is 0.222 e. The Bertz CT molecular complexity index is 598. The number of ether oxygens (including phenoxy) is 1. The number of nitrogens with zero attached hydrogens (tertiary/aromatic N) is 2. The fraction of sp³-hybridized carbons (Fsp3) is 0.579. The van der Waals surface area contributed by atoms with Crippen molar-refractivity contribution in [1.29, 1.82) is 0 Å². The van der Waals surface area contributed by atoms with Crippen molar-refractivity contribution >= 4 is 35.8 Å². The molecule has 2 heterocycles. The summed E-state index contributed by atoms with van der Waals surface area (Å²) in [5.41, 5.74) is 1.26. The number of rotatable bonds is 7. The molecule has 2 N–H and O–H groups in total. The van der Waals surface area contributed by atoms with Gasteiger partial charge in [0.1, 0.15) is 11.9 Å². The lowest BCUT2D eigenvalue weighted by atomic mass is 10.1. The first-order valence-electron chi connectivity index (χ1n) is 9.31. The first-order valence-corrected chi connectivity index (χ1v) is 9.31. The summed E-state index contributed by atoms with van der Waals surface area (Å²) in [7, 11) is 0. The number of amides is 1. The van der Waals surface area contributed by atoms with Gasteiger partial charge in [-0.3, -0.25) is 4.79 Å². The summed E-state index contributed by atoms with van der Waals surface area (Å²) in [6.45, 7) is 6.05. The van der Waals surface area contributed by atoms with Crippen LogP contribution in [0, 0.1) is 0 Å². The minimum atomic E-state index is 0. The largest absolute Gasteiger partial charge is 0.488 e. The van der Waals surface area contributed by atoms with E-state index in [1.807, 2.05) is 23.1 Å². The molecule has 1 saturated heterocycles. The molecule has 1 amide bonds. The molecular weight excluding hydrogens is 443 g/mol. The van der Waals surface area contributed by atoms with Crippen molar-refractivity contribution < 1.29 is 9.53 Å². The average molecular weight is 472 g/mol. The Morgan fingerprint density at radius 3 is 2.92 bits per heavy atom. The molecule has 0 aliphatic carbocycles. The molecule has 2 aliphatic heterocycles. The third kappa shape index (κ3) is 5.75. The monoisotopic (exact) mass is 472 g/mol. The number of carbonyl (C=O) groups is 1. The maximum atomic E-state index is 11.6. The number of halogens is 1. The highest BCUT2D eigenvalue weighted by atomic mass is 127. The van der Waals surface area contributed by atoms with Crippen LogP contribution in [0.4, 0.5) is 0 Å². The summed E-state index contributed by atoms with van der Waals surface area (Å²) >= 11 is 0. The van der Waals surface area contributed by atoms with Crippen molar-refractivity contribution in [1.82, 2.24) is 15.5 Å². The van der Waals surface area contributed by atoms with Gasteiger partial charge >= 0.3 is 0 Å². The van der Waals surface area contributed by atoms with E-state index in [9.17, 15) is 4.79 Å². The Balaban J connectivity index is 0.00000243. The number of aliphatic imine (C=N–C) groups is 1. The van der Waals surface area contributed by atoms with Crippen molar-refractivity contribution in [3.63, 3.8) is 0 Å². The molecule has 0 spiro atoms. The molecule has 2 aliphatic rings. The summed E-state index contributed by atoms with van der Waals surface area (Å²) in [5, 5.41) is 6.62. The third-order valence-corrected chi connectivity index (χ3v) is 4.58. The van der Waals surface area contributed by atoms with Gasteiger partial charge in [0.15, 0.2) is 5.96 Å². The highest BCUT2D eigenvalue weighted by molar-refractivity contribution is 14.0. The van der Waals surface area contributed by atoms with E-state index < -0.39 is 0 Å². The van der Waals surface area contributed by atoms with Crippen LogP contribution in [0.3, 0.4) is 0 Å². The molecule has 3 rings (SSSR count). The van der Waals surface area contributed by atoms with Crippen LogP contribution in [-0.4, -0.2) is 55.6 Å². The number of fused-ring (bicyclic) bond motifs is 1. The van der Waals surface area contributed by atoms with Gasteiger partial charge in [0.25, 0.3) is 0 Å². The minimum absolute atomic E-state index is 0. The topological polar surface area (TPSA) is 66.0 Å². The second kappa shape index (κ2) is 10.6. The van der Waals surface area contributed by atoms with E-state index in [0.29, 0.717) is 18.9 Å². The normalized spacial score (nSPS) is 19.0. The zero-order valence-electron chi connectivity index (χ0n) is 15.4. The number of benzene rings is 1. The SMILES string of the molecule is CCNC(=NCC1Cc2ccccc2O1)NCCCN1CCCC1=O.I. The highest BCUT2D eigenvalue weighted by Crippen LogP contribution is 2.28. The van der Waals surface area contributed by atoms with Gasteiger partial charge in [-0.1, -0.05) is 18.2 Å². The first-order chi connectivity index (χ1) is 12.3. The number of carbonyl (C=O) groups excluding carboxylic acids is 1. The van der Waals surface area contributed by atoms with Gasteiger partial charge in [0.05, 0.1) is 6.54 Å². The molecular formula is C19H29IN4O2. The molecule has 144 valence electrons. The van der Waals surface area contributed by atoms with Crippen LogP contribution in [0.1, 0.15) is 31.7 Å². The summed E-state index contributed by atoms with van der Waals surface area (Å²) in [4.78, 5) is 18.2. The van der Waals surface area contributed by atoms with E-state index in [4.69, 9.17) is 4.74 Å². The van der Waals surface area contributed by atoms with Crippen LogP contribution in [0.5, 0.6) is 5.75 Å². The second-order valence-electron chi connectivity index (χ2n) is 6.54. The molecule has 0 bridgehead atoms. The van der Waals surface area contributed by atoms with Gasteiger partial charge < -0.3 is 20.3 Å². The highest BCUT2D eigenvalue weighted by Gasteiger charge is 2.22. The molecule has 6 nitrogen and oxygen atoms in total. The lowest BCUT2D eigenvalue weighted by Gasteiger charge is -2.17. The van der Waals surface area contributed by atoms with Gasteiger partial charge in [0.2, 0.25) is 5.91 Å².